The molecule has 1 aromatic rings. The van der Waals surface area contributed by atoms with Gasteiger partial charge in [0, 0.05) is 12.1 Å². The molecule has 1 aliphatic heterocycles. The molecule has 0 aromatic carbocycles. The lowest BCUT2D eigenvalue weighted by Gasteiger charge is -2.41. The molecule has 1 aromatic heterocycles. The van der Waals surface area contributed by atoms with Crippen molar-refractivity contribution in [3.05, 3.63) is 24.5 Å². The number of unbranched alkanes of at least 4 members (excludes halogenated alkanes) is 1. The third-order valence-electron chi connectivity index (χ3n) is 5.26. The molecule has 23 heavy (non-hydrogen) atoms. The average Bonchev–Trinajstić information content (AvgIpc) is 2.57. The number of rotatable bonds is 6. The molecule has 2 aliphatic rings. The van der Waals surface area contributed by atoms with Gasteiger partial charge in [-0.1, -0.05) is 26.2 Å². The number of carbonyl (C=O) groups is 1. The first-order valence-electron chi connectivity index (χ1n) is 9.11. The van der Waals surface area contributed by atoms with Gasteiger partial charge >= 0.3 is 0 Å². The highest BCUT2D eigenvalue weighted by Crippen LogP contribution is 2.33. The van der Waals surface area contributed by atoms with Gasteiger partial charge in [-0.25, -0.2) is 0 Å². The summed E-state index contributed by atoms with van der Waals surface area (Å²) in [4.78, 5) is 18.6. The number of aromatic nitrogens is 1. The van der Waals surface area contributed by atoms with Gasteiger partial charge < -0.3 is 9.64 Å². The van der Waals surface area contributed by atoms with Gasteiger partial charge in [0.2, 0.25) is 5.91 Å². The molecule has 2 heterocycles. The molecular formula is C19H28N2O2. The van der Waals surface area contributed by atoms with E-state index < -0.39 is 0 Å². The number of ether oxygens (including phenoxy) is 1. The van der Waals surface area contributed by atoms with E-state index in [2.05, 4.69) is 11.9 Å². The lowest BCUT2D eigenvalue weighted by molar-refractivity contribution is -0.145. The summed E-state index contributed by atoms with van der Waals surface area (Å²) in [5, 5.41) is 0. The van der Waals surface area contributed by atoms with Crippen molar-refractivity contribution < 1.29 is 9.53 Å². The molecule has 0 unspecified atom stereocenters. The van der Waals surface area contributed by atoms with Crippen LogP contribution in [-0.4, -0.2) is 35.0 Å². The summed E-state index contributed by atoms with van der Waals surface area (Å²) in [5.41, 5.74) is 0. The van der Waals surface area contributed by atoms with E-state index in [1.54, 1.807) is 12.4 Å². The summed E-state index contributed by atoms with van der Waals surface area (Å²) >= 11 is 0. The molecule has 0 N–H and O–H groups in total. The van der Waals surface area contributed by atoms with Gasteiger partial charge in [0.25, 0.3) is 0 Å². The number of nitrogens with zero attached hydrogens (tertiary/aromatic N) is 2. The Kier molecular flexibility index (Phi) is 5.52. The maximum Gasteiger partial charge on any atom is 0.225 e. The second kappa shape index (κ2) is 7.80. The number of pyridine rings is 1. The summed E-state index contributed by atoms with van der Waals surface area (Å²) in [6.07, 6.45) is 12.2. The molecule has 1 saturated carbocycles. The lowest BCUT2D eigenvalue weighted by Crippen LogP contribution is -2.57. The lowest BCUT2D eigenvalue weighted by atomic mass is 9.79. The molecular weight excluding hydrogens is 288 g/mol. The summed E-state index contributed by atoms with van der Waals surface area (Å²) in [6.45, 7) is 3.70. The minimum Gasteiger partial charge on any atom is -0.485 e. The van der Waals surface area contributed by atoms with E-state index in [0.717, 1.165) is 37.6 Å². The van der Waals surface area contributed by atoms with E-state index in [0.29, 0.717) is 5.91 Å². The Morgan fingerprint density at radius 2 is 2.09 bits per heavy atom. The maximum absolute atomic E-state index is 12.6. The topological polar surface area (TPSA) is 42.4 Å². The summed E-state index contributed by atoms with van der Waals surface area (Å²) in [5.74, 6) is 2.26. The number of carbonyl (C=O) groups excluding carboxylic acids is 1. The normalized spacial score (nSPS) is 25.0. The quantitative estimate of drug-likeness (QED) is 0.804. The molecule has 2 fully saturated rings. The SMILES string of the molecule is CCCCC1CCC(C(=O)N2CC(Oc3cccnc3)C2)CC1. The van der Waals surface area contributed by atoms with Crippen LogP contribution in [0.2, 0.25) is 0 Å². The van der Waals surface area contributed by atoms with Crippen molar-refractivity contribution in [2.45, 2.75) is 58.0 Å². The Hall–Kier alpha value is -1.58. The second-order valence-corrected chi connectivity index (χ2v) is 7.03. The van der Waals surface area contributed by atoms with Crippen LogP contribution in [0.25, 0.3) is 0 Å². The van der Waals surface area contributed by atoms with E-state index in [1.807, 2.05) is 17.0 Å². The van der Waals surface area contributed by atoms with Crippen LogP contribution in [-0.2, 0) is 4.79 Å². The highest BCUT2D eigenvalue weighted by molar-refractivity contribution is 5.79. The molecule has 1 amide bonds. The zero-order valence-corrected chi connectivity index (χ0v) is 14.1. The van der Waals surface area contributed by atoms with Crippen LogP contribution in [0.4, 0.5) is 0 Å². The van der Waals surface area contributed by atoms with Crippen LogP contribution in [0.1, 0.15) is 51.9 Å². The van der Waals surface area contributed by atoms with Gasteiger partial charge in [-0.05, 0) is 43.7 Å². The number of likely N-dealkylation sites (tertiary alicyclic amines) is 1. The predicted octanol–water partition coefficient (Wildman–Crippen LogP) is 3.67. The monoisotopic (exact) mass is 316 g/mol. The molecule has 4 nitrogen and oxygen atoms in total. The minimum absolute atomic E-state index is 0.129. The minimum atomic E-state index is 0.129. The van der Waals surface area contributed by atoms with Crippen LogP contribution in [0.3, 0.4) is 0 Å². The van der Waals surface area contributed by atoms with Crippen LogP contribution >= 0.6 is 0 Å². The Morgan fingerprint density at radius 1 is 1.30 bits per heavy atom. The Labute approximate surface area is 139 Å². The van der Waals surface area contributed by atoms with Gasteiger partial charge in [-0.3, -0.25) is 9.78 Å². The third-order valence-corrected chi connectivity index (χ3v) is 5.26. The van der Waals surface area contributed by atoms with E-state index in [4.69, 9.17) is 4.74 Å². The van der Waals surface area contributed by atoms with Crippen molar-refractivity contribution in [3.8, 4) is 5.75 Å². The van der Waals surface area contributed by atoms with Crippen molar-refractivity contribution in [2.75, 3.05) is 13.1 Å². The van der Waals surface area contributed by atoms with Crippen molar-refractivity contribution >= 4 is 5.91 Å². The molecule has 0 atom stereocenters. The maximum atomic E-state index is 12.6. The first-order chi connectivity index (χ1) is 11.3. The van der Waals surface area contributed by atoms with Crippen molar-refractivity contribution in [2.24, 2.45) is 11.8 Å². The predicted molar refractivity (Wildman–Crippen MR) is 90.2 cm³/mol. The van der Waals surface area contributed by atoms with E-state index in [-0.39, 0.29) is 12.0 Å². The Balaban J connectivity index is 1.38. The van der Waals surface area contributed by atoms with E-state index in [1.165, 1.54) is 32.1 Å². The molecule has 4 heteroatoms. The highest BCUT2D eigenvalue weighted by atomic mass is 16.5. The van der Waals surface area contributed by atoms with Crippen LogP contribution < -0.4 is 4.74 Å². The van der Waals surface area contributed by atoms with Crippen LogP contribution in [0.5, 0.6) is 5.75 Å². The smallest absolute Gasteiger partial charge is 0.225 e. The fraction of sp³-hybridized carbons (Fsp3) is 0.684. The van der Waals surface area contributed by atoms with Crippen molar-refractivity contribution in [3.63, 3.8) is 0 Å². The second-order valence-electron chi connectivity index (χ2n) is 7.03. The molecule has 0 bridgehead atoms. The van der Waals surface area contributed by atoms with Crippen LogP contribution in [0.15, 0.2) is 24.5 Å². The highest BCUT2D eigenvalue weighted by Gasteiger charge is 2.37. The third kappa shape index (κ3) is 4.24. The van der Waals surface area contributed by atoms with Gasteiger partial charge in [-0.2, -0.15) is 0 Å². The summed E-state index contributed by atoms with van der Waals surface area (Å²) < 4.78 is 5.82. The molecule has 3 rings (SSSR count). The van der Waals surface area contributed by atoms with E-state index >= 15 is 0 Å². The zero-order chi connectivity index (χ0) is 16.1. The molecule has 0 radical (unpaired) electrons. The van der Waals surface area contributed by atoms with Gasteiger partial charge in [0.15, 0.2) is 0 Å². The first kappa shape index (κ1) is 16.3. The van der Waals surface area contributed by atoms with Gasteiger partial charge in [-0.15, -0.1) is 0 Å². The van der Waals surface area contributed by atoms with Crippen LogP contribution in [0, 0.1) is 11.8 Å². The van der Waals surface area contributed by atoms with Crippen molar-refractivity contribution in [1.29, 1.82) is 0 Å². The molecule has 126 valence electrons. The van der Waals surface area contributed by atoms with Crippen molar-refractivity contribution in [1.82, 2.24) is 9.88 Å². The summed E-state index contributed by atoms with van der Waals surface area (Å²) in [6, 6.07) is 3.78. The largest absolute Gasteiger partial charge is 0.485 e. The average molecular weight is 316 g/mol. The first-order valence-corrected chi connectivity index (χ1v) is 9.11. The Morgan fingerprint density at radius 3 is 2.74 bits per heavy atom. The fourth-order valence-corrected chi connectivity index (χ4v) is 3.75. The fourth-order valence-electron chi connectivity index (χ4n) is 3.75. The number of hydrogen-bond acceptors (Lipinski definition) is 3. The standard InChI is InChI=1S/C19H28N2O2/c1-2-3-5-15-7-9-16(10-8-15)19(22)21-13-18(14-21)23-17-6-4-11-20-12-17/h4,6,11-12,15-16,18H,2-3,5,7-10,13-14H2,1H3. The van der Waals surface area contributed by atoms with Gasteiger partial charge in [0.1, 0.15) is 11.9 Å². The van der Waals surface area contributed by atoms with Gasteiger partial charge in [0.05, 0.1) is 19.3 Å². The van der Waals surface area contributed by atoms with E-state index in [9.17, 15) is 4.79 Å². The molecule has 1 aliphatic carbocycles. The zero-order valence-electron chi connectivity index (χ0n) is 14.1. The number of hydrogen-bond donors (Lipinski definition) is 0. The molecule has 0 spiro atoms. The Bertz CT molecular complexity index is 491. The summed E-state index contributed by atoms with van der Waals surface area (Å²) in [7, 11) is 0. The number of amides is 1. The molecule has 1 saturated heterocycles.